The van der Waals surface area contributed by atoms with Crippen LogP contribution in [0.4, 0.5) is 5.88 Å². The molecule has 6 nitrogen and oxygen atoms in total. The van der Waals surface area contributed by atoms with Gasteiger partial charge in [0.25, 0.3) is 0 Å². The number of carbonyl (C=O) groups excluding carboxylic acids is 1. The van der Waals surface area contributed by atoms with E-state index >= 15 is 0 Å². The van der Waals surface area contributed by atoms with Crippen molar-refractivity contribution >= 4 is 11.8 Å². The van der Waals surface area contributed by atoms with Gasteiger partial charge in [0.15, 0.2) is 0 Å². The predicted molar refractivity (Wildman–Crippen MR) is 92.3 cm³/mol. The van der Waals surface area contributed by atoms with E-state index in [1.165, 1.54) is 0 Å². The van der Waals surface area contributed by atoms with Gasteiger partial charge in [0, 0.05) is 25.2 Å². The molecule has 0 bridgehead atoms. The fraction of sp³-hybridized carbons (Fsp3) is 0.333. The largest absolute Gasteiger partial charge is 0.444 e. The van der Waals surface area contributed by atoms with Crippen LogP contribution in [-0.2, 0) is 11.3 Å². The summed E-state index contributed by atoms with van der Waals surface area (Å²) in [6.07, 6.45) is 0. The van der Waals surface area contributed by atoms with Crippen LogP contribution < -0.4 is 11.1 Å². The highest BCUT2D eigenvalue weighted by atomic mass is 16.4. The Morgan fingerprint density at radius 3 is 2.67 bits per heavy atom. The van der Waals surface area contributed by atoms with Crippen LogP contribution in [0.5, 0.6) is 0 Å². The lowest BCUT2D eigenvalue weighted by Crippen LogP contribution is -2.36. The first-order valence-corrected chi connectivity index (χ1v) is 7.81. The van der Waals surface area contributed by atoms with Gasteiger partial charge in [0.2, 0.25) is 11.8 Å². The molecular weight excluding hydrogens is 304 g/mol. The zero-order chi connectivity index (χ0) is 17.5. The number of hydrogen-bond donors (Lipinski definition) is 2. The lowest BCUT2D eigenvalue weighted by Gasteiger charge is -2.20. The molecule has 0 saturated heterocycles. The average molecular weight is 326 g/mol. The average Bonchev–Trinajstić information content (AvgIpc) is 2.82. The summed E-state index contributed by atoms with van der Waals surface area (Å²) in [6, 6.07) is 12.0. The van der Waals surface area contributed by atoms with Gasteiger partial charge in [-0.1, -0.05) is 30.3 Å². The second-order valence-electron chi connectivity index (χ2n) is 5.63. The number of rotatable bonds is 7. The Hall–Kier alpha value is -2.62. The predicted octanol–water partition coefficient (Wildman–Crippen LogP) is 2.17. The maximum atomic E-state index is 12.3. The summed E-state index contributed by atoms with van der Waals surface area (Å²) in [4.78, 5) is 14.3. The monoisotopic (exact) mass is 326 g/mol. The van der Waals surface area contributed by atoms with Crippen molar-refractivity contribution in [2.45, 2.75) is 20.4 Å². The van der Waals surface area contributed by atoms with Crippen molar-refractivity contribution < 1.29 is 9.21 Å². The first-order valence-electron chi connectivity index (χ1n) is 7.81. The number of nitrogens with zero attached hydrogens (tertiary/aromatic N) is 2. The molecular formula is C18H22N4O2. The highest BCUT2D eigenvalue weighted by Crippen LogP contribution is 2.25. The van der Waals surface area contributed by atoms with E-state index in [4.69, 9.17) is 10.2 Å². The number of furan rings is 1. The zero-order valence-electron chi connectivity index (χ0n) is 14.0. The van der Waals surface area contributed by atoms with E-state index in [0.717, 1.165) is 11.1 Å². The molecule has 2 aromatic rings. The molecule has 126 valence electrons. The number of nitriles is 1. The van der Waals surface area contributed by atoms with Crippen LogP contribution in [0.15, 0.2) is 34.7 Å². The van der Waals surface area contributed by atoms with Crippen LogP contribution in [0.1, 0.15) is 22.5 Å². The van der Waals surface area contributed by atoms with Gasteiger partial charge < -0.3 is 10.2 Å². The topological polar surface area (TPSA) is 95.3 Å². The van der Waals surface area contributed by atoms with E-state index in [1.54, 1.807) is 13.8 Å². The van der Waals surface area contributed by atoms with E-state index in [2.05, 4.69) is 11.4 Å². The van der Waals surface area contributed by atoms with E-state index in [1.807, 2.05) is 35.2 Å². The SMILES string of the molecule is Cc1oc(NC(=O)CN(CCN)Cc2ccccc2)c(C#N)c1C. The first kappa shape index (κ1) is 17.7. The minimum absolute atomic E-state index is 0.176. The quantitative estimate of drug-likeness (QED) is 0.813. The van der Waals surface area contributed by atoms with Crippen molar-refractivity contribution in [3.8, 4) is 6.07 Å². The van der Waals surface area contributed by atoms with Gasteiger partial charge in [0.05, 0.1) is 6.54 Å². The number of anilines is 1. The molecule has 0 atom stereocenters. The summed E-state index contributed by atoms with van der Waals surface area (Å²) in [6.45, 7) is 5.43. The van der Waals surface area contributed by atoms with Crippen molar-refractivity contribution in [1.82, 2.24) is 4.90 Å². The summed E-state index contributed by atoms with van der Waals surface area (Å²) in [5.74, 6) is 0.611. The number of nitrogens with one attached hydrogen (secondary N) is 1. The standard InChI is InChI=1S/C18H22N4O2/c1-13-14(2)24-18(16(13)10-20)21-17(23)12-22(9-8-19)11-15-6-4-3-5-7-15/h3-7H,8-9,11-12,19H2,1-2H3,(H,21,23). The Labute approximate surface area is 141 Å². The van der Waals surface area contributed by atoms with Crippen molar-refractivity contribution in [3.05, 3.63) is 52.8 Å². The Morgan fingerprint density at radius 1 is 1.33 bits per heavy atom. The van der Waals surface area contributed by atoms with Crippen LogP contribution in [0.25, 0.3) is 0 Å². The summed E-state index contributed by atoms with van der Waals surface area (Å²) < 4.78 is 5.47. The molecule has 0 spiro atoms. The molecule has 1 aromatic heterocycles. The molecule has 0 unspecified atom stereocenters. The van der Waals surface area contributed by atoms with Gasteiger partial charge in [-0.05, 0) is 19.4 Å². The Kier molecular flexibility index (Phi) is 6.13. The Morgan fingerprint density at radius 2 is 2.04 bits per heavy atom. The molecule has 0 saturated carbocycles. The highest BCUT2D eigenvalue weighted by Gasteiger charge is 2.18. The van der Waals surface area contributed by atoms with Gasteiger partial charge in [-0.3, -0.25) is 15.0 Å². The van der Waals surface area contributed by atoms with Crippen molar-refractivity contribution in [2.75, 3.05) is 25.0 Å². The normalized spacial score (nSPS) is 10.6. The smallest absolute Gasteiger partial charge is 0.240 e. The molecule has 1 heterocycles. The molecule has 0 fully saturated rings. The van der Waals surface area contributed by atoms with Crippen molar-refractivity contribution in [2.24, 2.45) is 5.73 Å². The lowest BCUT2D eigenvalue weighted by atomic mass is 10.2. The molecule has 6 heteroatoms. The van der Waals surface area contributed by atoms with Crippen LogP contribution in [0.2, 0.25) is 0 Å². The Balaban J connectivity index is 2.03. The lowest BCUT2D eigenvalue weighted by molar-refractivity contribution is -0.117. The van der Waals surface area contributed by atoms with Crippen LogP contribution in [0, 0.1) is 25.2 Å². The molecule has 0 aliphatic rings. The maximum Gasteiger partial charge on any atom is 0.240 e. The van der Waals surface area contributed by atoms with Crippen molar-refractivity contribution in [1.29, 1.82) is 5.26 Å². The van der Waals surface area contributed by atoms with E-state index in [9.17, 15) is 10.1 Å². The highest BCUT2D eigenvalue weighted by molar-refractivity contribution is 5.92. The van der Waals surface area contributed by atoms with Gasteiger partial charge >= 0.3 is 0 Å². The molecule has 0 aliphatic carbocycles. The molecule has 1 aromatic carbocycles. The molecule has 0 radical (unpaired) electrons. The number of amides is 1. The fourth-order valence-electron chi connectivity index (χ4n) is 2.46. The third-order valence-corrected chi connectivity index (χ3v) is 3.81. The molecule has 0 aliphatic heterocycles. The molecule has 2 rings (SSSR count). The van der Waals surface area contributed by atoms with Gasteiger partial charge in [-0.25, -0.2) is 0 Å². The van der Waals surface area contributed by atoms with Crippen LogP contribution in [-0.4, -0.2) is 30.4 Å². The maximum absolute atomic E-state index is 12.3. The number of nitrogens with two attached hydrogens (primary N) is 1. The number of hydrogen-bond acceptors (Lipinski definition) is 5. The third kappa shape index (κ3) is 4.44. The van der Waals surface area contributed by atoms with Gasteiger partial charge in [-0.15, -0.1) is 0 Å². The molecule has 3 N–H and O–H groups in total. The zero-order valence-corrected chi connectivity index (χ0v) is 14.0. The second-order valence-corrected chi connectivity index (χ2v) is 5.63. The van der Waals surface area contributed by atoms with E-state index in [-0.39, 0.29) is 18.3 Å². The van der Waals surface area contributed by atoms with Gasteiger partial charge in [-0.2, -0.15) is 5.26 Å². The van der Waals surface area contributed by atoms with Gasteiger partial charge in [0.1, 0.15) is 17.4 Å². The minimum atomic E-state index is -0.232. The van der Waals surface area contributed by atoms with Crippen LogP contribution >= 0.6 is 0 Å². The molecule has 1 amide bonds. The summed E-state index contributed by atoms with van der Waals surface area (Å²) in [5.41, 5.74) is 7.87. The summed E-state index contributed by atoms with van der Waals surface area (Å²) >= 11 is 0. The Bertz CT molecular complexity index is 731. The van der Waals surface area contributed by atoms with Crippen LogP contribution in [0.3, 0.4) is 0 Å². The van der Waals surface area contributed by atoms with E-state index < -0.39 is 0 Å². The summed E-state index contributed by atoms with van der Waals surface area (Å²) in [7, 11) is 0. The first-order chi connectivity index (χ1) is 11.5. The minimum Gasteiger partial charge on any atom is -0.444 e. The third-order valence-electron chi connectivity index (χ3n) is 3.81. The second kappa shape index (κ2) is 8.29. The summed E-state index contributed by atoms with van der Waals surface area (Å²) in [5, 5.41) is 11.9. The fourth-order valence-corrected chi connectivity index (χ4v) is 2.46. The molecule has 24 heavy (non-hydrogen) atoms. The number of carbonyl (C=O) groups is 1. The number of aryl methyl sites for hydroxylation is 1. The van der Waals surface area contributed by atoms with E-state index in [0.29, 0.717) is 31.0 Å². The number of benzene rings is 1. The van der Waals surface area contributed by atoms with Crippen molar-refractivity contribution in [3.63, 3.8) is 0 Å².